The maximum Gasteiger partial charge on any atom is 0.255 e. The average Bonchev–Trinajstić information content (AvgIpc) is 3.38. The lowest BCUT2D eigenvalue weighted by Crippen LogP contribution is -2.37. The molecular formula is C19H23N5O4. The second-order valence-electron chi connectivity index (χ2n) is 6.10. The number of carbonyl (C=O) groups is 1. The quantitative estimate of drug-likeness (QED) is 0.602. The van der Waals surface area contributed by atoms with Crippen LogP contribution in [0.2, 0.25) is 0 Å². The van der Waals surface area contributed by atoms with E-state index in [1.165, 1.54) is 10.9 Å². The largest absolute Gasteiger partial charge is 0.463 e. The van der Waals surface area contributed by atoms with Gasteiger partial charge in [0.05, 0.1) is 43.0 Å². The molecule has 0 saturated heterocycles. The molecule has 3 heterocycles. The highest BCUT2D eigenvalue weighted by Gasteiger charge is 2.22. The van der Waals surface area contributed by atoms with Crippen molar-refractivity contribution in [2.75, 3.05) is 20.8 Å². The van der Waals surface area contributed by atoms with Gasteiger partial charge in [-0.2, -0.15) is 9.78 Å². The number of furan rings is 1. The number of hydrogen-bond acceptors (Lipinski definition) is 7. The van der Waals surface area contributed by atoms with Crippen molar-refractivity contribution in [3.8, 4) is 17.4 Å². The minimum atomic E-state index is -0.246. The molecule has 1 N–H and O–H groups in total. The predicted molar refractivity (Wildman–Crippen MR) is 101 cm³/mol. The third kappa shape index (κ3) is 4.26. The van der Waals surface area contributed by atoms with Gasteiger partial charge in [0.2, 0.25) is 0 Å². The van der Waals surface area contributed by atoms with Gasteiger partial charge in [-0.1, -0.05) is 6.92 Å². The fourth-order valence-corrected chi connectivity index (χ4v) is 2.75. The van der Waals surface area contributed by atoms with Gasteiger partial charge in [0.25, 0.3) is 11.9 Å². The molecule has 0 aliphatic heterocycles. The molecule has 0 bridgehead atoms. The summed E-state index contributed by atoms with van der Waals surface area (Å²) in [6.07, 6.45) is 5.44. The zero-order valence-corrected chi connectivity index (χ0v) is 16.1. The van der Waals surface area contributed by atoms with Crippen molar-refractivity contribution in [3.05, 3.63) is 48.1 Å². The van der Waals surface area contributed by atoms with Gasteiger partial charge in [-0.3, -0.25) is 4.79 Å². The summed E-state index contributed by atoms with van der Waals surface area (Å²) in [5.41, 5.74) is 1.58. The topological polar surface area (TPSA) is 104 Å². The van der Waals surface area contributed by atoms with Crippen LogP contribution >= 0.6 is 0 Å². The molecule has 3 aromatic heterocycles. The monoisotopic (exact) mass is 385 g/mol. The Kier molecular flexibility index (Phi) is 6.51. The highest BCUT2D eigenvalue weighted by Crippen LogP contribution is 2.19. The van der Waals surface area contributed by atoms with Crippen LogP contribution in [-0.4, -0.2) is 52.5 Å². The van der Waals surface area contributed by atoms with Gasteiger partial charge in [-0.05, 0) is 24.6 Å². The van der Waals surface area contributed by atoms with Crippen LogP contribution in [0, 0.1) is 0 Å². The van der Waals surface area contributed by atoms with Crippen LogP contribution in [0.3, 0.4) is 0 Å². The summed E-state index contributed by atoms with van der Waals surface area (Å²) in [6, 6.07) is 5.25. The first kappa shape index (κ1) is 19.7. The van der Waals surface area contributed by atoms with E-state index in [0.29, 0.717) is 35.3 Å². The Morgan fingerprint density at radius 1 is 1.32 bits per heavy atom. The van der Waals surface area contributed by atoms with Crippen molar-refractivity contribution < 1.29 is 18.7 Å². The highest BCUT2D eigenvalue weighted by molar-refractivity contribution is 5.95. The third-order valence-electron chi connectivity index (χ3n) is 4.20. The van der Waals surface area contributed by atoms with Gasteiger partial charge in [-0.15, -0.1) is 0 Å². The fraction of sp³-hybridized carbons (Fsp3) is 0.368. The van der Waals surface area contributed by atoms with E-state index in [1.807, 2.05) is 13.0 Å². The van der Waals surface area contributed by atoms with Gasteiger partial charge in [0, 0.05) is 20.4 Å². The molecule has 9 heteroatoms. The van der Waals surface area contributed by atoms with Gasteiger partial charge in [0.1, 0.15) is 5.69 Å². The number of carbonyl (C=O) groups excluding carboxylic acids is 1. The van der Waals surface area contributed by atoms with Crippen LogP contribution in [0.5, 0.6) is 0 Å². The third-order valence-corrected chi connectivity index (χ3v) is 4.20. The van der Waals surface area contributed by atoms with E-state index < -0.39 is 0 Å². The Labute approximate surface area is 162 Å². The molecule has 0 aromatic carbocycles. The summed E-state index contributed by atoms with van der Waals surface area (Å²) in [6.45, 7) is 2.60. The molecule has 0 fully saturated rings. The zero-order valence-electron chi connectivity index (χ0n) is 16.1. The normalized spacial score (nSPS) is 12.1. The summed E-state index contributed by atoms with van der Waals surface area (Å²) in [5.74, 6) is 0.695. The molecule has 1 amide bonds. The summed E-state index contributed by atoms with van der Waals surface area (Å²) in [4.78, 5) is 21.5. The summed E-state index contributed by atoms with van der Waals surface area (Å²) >= 11 is 0. The molecular weight excluding hydrogens is 362 g/mol. The number of amides is 1. The molecule has 0 aliphatic carbocycles. The maximum atomic E-state index is 12.8. The molecule has 9 nitrogen and oxygen atoms in total. The Morgan fingerprint density at radius 3 is 2.86 bits per heavy atom. The lowest BCUT2D eigenvalue weighted by Gasteiger charge is -2.16. The maximum absolute atomic E-state index is 12.8. The van der Waals surface area contributed by atoms with Crippen molar-refractivity contribution in [2.45, 2.75) is 26.0 Å². The second-order valence-corrected chi connectivity index (χ2v) is 6.10. The number of nitrogens with zero attached hydrogens (tertiary/aromatic N) is 4. The second kappa shape index (κ2) is 9.25. The van der Waals surface area contributed by atoms with Gasteiger partial charge < -0.3 is 19.2 Å². The van der Waals surface area contributed by atoms with Gasteiger partial charge >= 0.3 is 0 Å². The summed E-state index contributed by atoms with van der Waals surface area (Å²) in [5, 5.41) is 7.27. The SMILES string of the molecule is CC[C@H](COC)NC(=O)c1cnn(-c2nccc(-c3ccco3)n2)c1COC. The van der Waals surface area contributed by atoms with Crippen molar-refractivity contribution in [2.24, 2.45) is 0 Å². The smallest absolute Gasteiger partial charge is 0.255 e. The molecule has 0 spiro atoms. The van der Waals surface area contributed by atoms with Crippen molar-refractivity contribution in [1.29, 1.82) is 0 Å². The van der Waals surface area contributed by atoms with E-state index >= 15 is 0 Å². The first-order chi connectivity index (χ1) is 13.7. The molecule has 0 aliphatic rings. The number of rotatable bonds is 9. The van der Waals surface area contributed by atoms with E-state index in [9.17, 15) is 4.79 Å². The Morgan fingerprint density at radius 2 is 2.18 bits per heavy atom. The minimum absolute atomic E-state index is 0.0882. The highest BCUT2D eigenvalue weighted by atomic mass is 16.5. The Hall–Kier alpha value is -3.04. The minimum Gasteiger partial charge on any atom is -0.463 e. The molecule has 0 radical (unpaired) electrons. The standard InChI is InChI=1S/C19H23N5O4/c1-4-13(11-26-2)22-18(25)14-10-21-24(16(14)12-27-3)19-20-8-7-15(23-19)17-6-5-9-28-17/h5-10,13H,4,11-12H2,1-3H3,(H,22,25)/t13-/m1/s1. The van der Waals surface area contributed by atoms with E-state index in [-0.39, 0.29) is 18.6 Å². The van der Waals surface area contributed by atoms with Crippen LogP contribution in [0.15, 0.2) is 41.3 Å². The molecule has 3 rings (SSSR count). The van der Waals surface area contributed by atoms with Crippen LogP contribution in [0.25, 0.3) is 17.4 Å². The van der Waals surface area contributed by atoms with Crippen LogP contribution in [-0.2, 0) is 16.1 Å². The number of aromatic nitrogens is 4. The number of hydrogen-bond donors (Lipinski definition) is 1. The fourth-order valence-electron chi connectivity index (χ4n) is 2.75. The van der Waals surface area contributed by atoms with Crippen molar-refractivity contribution >= 4 is 5.91 Å². The zero-order chi connectivity index (χ0) is 19.9. The molecule has 3 aromatic rings. The van der Waals surface area contributed by atoms with Crippen molar-refractivity contribution in [3.63, 3.8) is 0 Å². The lowest BCUT2D eigenvalue weighted by atomic mass is 10.2. The van der Waals surface area contributed by atoms with E-state index in [4.69, 9.17) is 13.9 Å². The molecule has 28 heavy (non-hydrogen) atoms. The molecule has 0 saturated carbocycles. The van der Waals surface area contributed by atoms with Crippen LogP contribution in [0.4, 0.5) is 0 Å². The summed E-state index contributed by atoms with van der Waals surface area (Å²) < 4.78 is 17.3. The summed E-state index contributed by atoms with van der Waals surface area (Å²) in [7, 11) is 3.16. The molecule has 148 valence electrons. The average molecular weight is 385 g/mol. The van der Waals surface area contributed by atoms with E-state index in [2.05, 4.69) is 20.4 Å². The Balaban J connectivity index is 1.93. The van der Waals surface area contributed by atoms with E-state index in [0.717, 1.165) is 6.42 Å². The van der Waals surface area contributed by atoms with Crippen LogP contribution < -0.4 is 5.32 Å². The molecule has 0 unspecified atom stereocenters. The van der Waals surface area contributed by atoms with Crippen LogP contribution in [0.1, 0.15) is 29.4 Å². The Bertz CT molecular complexity index is 907. The lowest BCUT2D eigenvalue weighted by molar-refractivity contribution is 0.0889. The van der Waals surface area contributed by atoms with E-state index in [1.54, 1.807) is 38.8 Å². The number of methoxy groups -OCH3 is 2. The van der Waals surface area contributed by atoms with Gasteiger partial charge in [-0.25, -0.2) is 9.97 Å². The predicted octanol–water partition coefficient (Wildman–Crippen LogP) is 2.22. The number of nitrogens with one attached hydrogen (secondary N) is 1. The van der Waals surface area contributed by atoms with Gasteiger partial charge in [0.15, 0.2) is 5.76 Å². The number of ether oxygens (including phenoxy) is 2. The van der Waals surface area contributed by atoms with Crippen molar-refractivity contribution in [1.82, 2.24) is 25.1 Å². The first-order valence-corrected chi connectivity index (χ1v) is 8.90. The first-order valence-electron chi connectivity index (χ1n) is 8.90. The molecule has 1 atom stereocenters.